The second-order valence-electron chi connectivity index (χ2n) is 2.71. The minimum absolute atomic E-state index is 0.0628. The molecule has 0 spiro atoms. The molecule has 0 amide bonds. The van der Waals surface area contributed by atoms with E-state index in [0.29, 0.717) is 17.4 Å². The highest BCUT2D eigenvalue weighted by molar-refractivity contribution is 7.99. The van der Waals surface area contributed by atoms with E-state index >= 15 is 0 Å². The van der Waals surface area contributed by atoms with Gasteiger partial charge < -0.3 is 10.8 Å². The van der Waals surface area contributed by atoms with E-state index in [2.05, 4.69) is 9.97 Å². The number of hydrogen-bond acceptors (Lipinski definition) is 5. The van der Waals surface area contributed by atoms with Crippen molar-refractivity contribution in [2.75, 3.05) is 11.5 Å². The third-order valence-corrected chi connectivity index (χ3v) is 2.47. The number of hydrogen-bond donors (Lipinski definition) is 2. The Labute approximate surface area is 85.7 Å². The first-order chi connectivity index (χ1) is 6.59. The van der Waals surface area contributed by atoms with Crippen LogP contribution in [-0.2, 0) is 10.5 Å². The molecule has 1 aromatic rings. The Morgan fingerprint density at radius 1 is 1.71 bits per heavy atom. The maximum atomic E-state index is 10.2. The number of nitrogens with two attached hydrogens (primary N) is 1. The Hall–Kier alpha value is -1.30. The van der Waals surface area contributed by atoms with Gasteiger partial charge in [-0.2, -0.15) is 0 Å². The van der Waals surface area contributed by atoms with Crippen molar-refractivity contribution in [2.45, 2.75) is 12.7 Å². The number of aliphatic carboxylic acids is 1. The molecule has 0 fully saturated rings. The third-order valence-electron chi connectivity index (χ3n) is 1.50. The number of thioether (sulfide) groups is 1. The molecule has 6 heteroatoms. The third kappa shape index (κ3) is 3.21. The number of nitrogen functional groups attached to an aromatic ring is 1. The van der Waals surface area contributed by atoms with Gasteiger partial charge in [-0.15, -0.1) is 11.8 Å². The normalized spacial score (nSPS) is 10.1. The molecule has 0 saturated heterocycles. The number of carboxylic acids is 1. The summed E-state index contributed by atoms with van der Waals surface area (Å²) in [5, 5.41) is 8.42. The van der Waals surface area contributed by atoms with Crippen molar-refractivity contribution < 1.29 is 9.90 Å². The minimum Gasteiger partial charge on any atom is -0.481 e. The van der Waals surface area contributed by atoms with Crippen LogP contribution in [0.25, 0.3) is 0 Å². The average molecular weight is 213 g/mol. The van der Waals surface area contributed by atoms with Gasteiger partial charge in [0.25, 0.3) is 0 Å². The van der Waals surface area contributed by atoms with Gasteiger partial charge in [-0.3, -0.25) is 4.79 Å². The first-order valence-electron chi connectivity index (χ1n) is 3.97. The molecule has 0 aliphatic heterocycles. The van der Waals surface area contributed by atoms with Crippen LogP contribution in [0.2, 0.25) is 0 Å². The molecule has 0 atom stereocenters. The number of carboxylic acid groups (broad SMARTS) is 1. The van der Waals surface area contributed by atoms with Crippen LogP contribution in [-0.4, -0.2) is 26.8 Å². The zero-order valence-corrected chi connectivity index (χ0v) is 8.54. The molecule has 5 nitrogen and oxygen atoms in total. The van der Waals surface area contributed by atoms with Crippen molar-refractivity contribution in [2.24, 2.45) is 0 Å². The zero-order valence-electron chi connectivity index (χ0n) is 7.73. The molecular weight excluding hydrogens is 202 g/mol. The second kappa shape index (κ2) is 4.80. The summed E-state index contributed by atoms with van der Waals surface area (Å²) in [5.41, 5.74) is 6.41. The molecule has 0 aromatic carbocycles. The van der Waals surface area contributed by atoms with Crippen LogP contribution in [0, 0.1) is 6.92 Å². The molecule has 0 saturated carbocycles. The fourth-order valence-electron chi connectivity index (χ4n) is 0.872. The number of aromatic nitrogens is 2. The van der Waals surface area contributed by atoms with Crippen molar-refractivity contribution in [3.8, 4) is 0 Å². The van der Waals surface area contributed by atoms with Crippen molar-refractivity contribution >= 4 is 23.5 Å². The number of carbonyl (C=O) groups is 1. The summed E-state index contributed by atoms with van der Waals surface area (Å²) in [4.78, 5) is 18.2. The summed E-state index contributed by atoms with van der Waals surface area (Å²) in [6.45, 7) is 1.75. The number of nitrogens with zero attached hydrogens (tertiary/aromatic N) is 2. The van der Waals surface area contributed by atoms with Crippen molar-refractivity contribution in [1.82, 2.24) is 9.97 Å². The molecule has 14 heavy (non-hydrogen) atoms. The van der Waals surface area contributed by atoms with Crippen LogP contribution < -0.4 is 5.73 Å². The van der Waals surface area contributed by atoms with E-state index in [0.717, 1.165) is 5.56 Å². The monoisotopic (exact) mass is 213 g/mol. The molecule has 0 bridgehead atoms. The number of aryl methyl sites for hydroxylation is 1. The van der Waals surface area contributed by atoms with Gasteiger partial charge in [-0.05, 0) is 6.92 Å². The standard InChI is InChI=1S/C8H11N3O2S/c1-5-10-2-6(8(9)11-5)3-14-4-7(12)13/h2H,3-4H2,1H3,(H,12,13)(H2,9,10,11). The highest BCUT2D eigenvalue weighted by Gasteiger charge is 2.03. The summed E-state index contributed by atoms with van der Waals surface area (Å²) in [6, 6.07) is 0. The van der Waals surface area contributed by atoms with Crippen LogP contribution >= 0.6 is 11.8 Å². The van der Waals surface area contributed by atoms with Crippen LogP contribution in [0.1, 0.15) is 11.4 Å². The van der Waals surface area contributed by atoms with Gasteiger partial charge >= 0.3 is 5.97 Å². The van der Waals surface area contributed by atoms with Gasteiger partial charge in [0.05, 0.1) is 5.75 Å². The Morgan fingerprint density at radius 2 is 2.43 bits per heavy atom. The smallest absolute Gasteiger partial charge is 0.313 e. The molecule has 0 unspecified atom stereocenters. The molecule has 0 radical (unpaired) electrons. The average Bonchev–Trinajstić information content (AvgIpc) is 2.08. The van der Waals surface area contributed by atoms with Gasteiger partial charge in [0.1, 0.15) is 11.6 Å². The van der Waals surface area contributed by atoms with E-state index in [4.69, 9.17) is 10.8 Å². The molecule has 76 valence electrons. The van der Waals surface area contributed by atoms with Gasteiger partial charge in [0, 0.05) is 17.5 Å². The highest BCUT2D eigenvalue weighted by atomic mass is 32.2. The van der Waals surface area contributed by atoms with E-state index in [9.17, 15) is 4.79 Å². The summed E-state index contributed by atoms with van der Waals surface area (Å²) in [5.74, 6) is 0.803. The molecule has 1 aromatic heterocycles. The lowest BCUT2D eigenvalue weighted by Crippen LogP contribution is -2.02. The molecule has 0 aliphatic carbocycles. The van der Waals surface area contributed by atoms with E-state index in [1.165, 1.54) is 11.8 Å². The second-order valence-corrected chi connectivity index (χ2v) is 3.70. The fourth-order valence-corrected chi connectivity index (χ4v) is 1.59. The quantitative estimate of drug-likeness (QED) is 0.764. The Morgan fingerprint density at radius 3 is 3.00 bits per heavy atom. The molecule has 0 aliphatic rings. The maximum absolute atomic E-state index is 10.2. The zero-order chi connectivity index (χ0) is 10.6. The van der Waals surface area contributed by atoms with Crippen LogP contribution in [0.5, 0.6) is 0 Å². The van der Waals surface area contributed by atoms with Gasteiger partial charge in [-0.1, -0.05) is 0 Å². The van der Waals surface area contributed by atoms with Crippen molar-refractivity contribution in [1.29, 1.82) is 0 Å². The molecule has 3 N–H and O–H groups in total. The number of anilines is 1. The highest BCUT2D eigenvalue weighted by Crippen LogP contribution is 2.15. The van der Waals surface area contributed by atoms with Crippen LogP contribution in [0.15, 0.2) is 6.20 Å². The predicted molar refractivity (Wildman–Crippen MR) is 55.0 cm³/mol. The predicted octanol–water partition coefficient (Wildman–Crippen LogP) is 0.685. The van der Waals surface area contributed by atoms with E-state index in [-0.39, 0.29) is 5.75 Å². The van der Waals surface area contributed by atoms with E-state index in [1.54, 1.807) is 13.1 Å². The lowest BCUT2D eigenvalue weighted by atomic mass is 10.3. The van der Waals surface area contributed by atoms with Gasteiger partial charge in [0.2, 0.25) is 0 Å². The first-order valence-corrected chi connectivity index (χ1v) is 5.12. The first kappa shape index (κ1) is 10.8. The Kier molecular flexibility index (Phi) is 3.70. The Bertz CT molecular complexity index is 343. The van der Waals surface area contributed by atoms with Crippen molar-refractivity contribution in [3.63, 3.8) is 0 Å². The Balaban J connectivity index is 2.55. The summed E-state index contributed by atoms with van der Waals surface area (Å²) < 4.78 is 0. The molecule has 1 rings (SSSR count). The maximum Gasteiger partial charge on any atom is 0.313 e. The van der Waals surface area contributed by atoms with Gasteiger partial charge in [-0.25, -0.2) is 9.97 Å². The molecule has 1 heterocycles. The van der Waals surface area contributed by atoms with Crippen molar-refractivity contribution in [3.05, 3.63) is 17.6 Å². The summed E-state index contributed by atoms with van der Waals surface area (Å²) >= 11 is 1.27. The minimum atomic E-state index is -0.832. The molecular formula is C8H11N3O2S. The lowest BCUT2D eigenvalue weighted by molar-refractivity contribution is -0.133. The fraction of sp³-hybridized carbons (Fsp3) is 0.375. The summed E-state index contributed by atoms with van der Waals surface area (Å²) in [6.07, 6.45) is 1.63. The summed E-state index contributed by atoms with van der Waals surface area (Å²) in [7, 11) is 0. The van der Waals surface area contributed by atoms with Crippen LogP contribution in [0.3, 0.4) is 0 Å². The number of rotatable bonds is 4. The topological polar surface area (TPSA) is 89.1 Å². The van der Waals surface area contributed by atoms with Gasteiger partial charge in [0.15, 0.2) is 0 Å². The lowest BCUT2D eigenvalue weighted by Gasteiger charge is -2.03. The largest absolute Gasteiger partial charge is 0.481 e. The van der Waals surface area contributed by atoms with E-state index < -0.39 is 5.97 Å². The van der Waals surface area contributed by atoms with Crippen LogP contribution in [0.4, 0.5) is 5.82 Å². The van der Waals surface area contributed by atoms with E-state index in [1.807, 2.05) is 0 Å². The SMILES string of the molecule is Cc1ncc(CSCC(=O)O)c(N)n1.